The number of hydrogen-bond acceptors (Lipinski definition) is 2. The zero-order valence-electron chi connectivity index (χ0n) is 4.66. The number of aliphatic hydroxyl groups is 1. The van der Waals surface area contributed by atoms with E-state index >= 15 is 0 Å². The number of nitrogens with zero attached hydrogens (tertiary/aromatic N) is 1. The van der Waals surface area contributed by atoms with Gasteiger partial charge in [0, 0.05) is 11.7 Å². The molecule has 0 aliphatic rings. The standard InChI is InChI=1S/C5H8NO2/c1-5-2-3-6(4-7)8-5/h2-3,7H,4H2,1H3/q+1. The second-order valence-corrected chi connectivity index (χ2v) is 1.58. The summed E-state index contributed by atoms with van der Waals surface area (Å²) >= 11 is 0. The predicted molar refractivity (Wildman–Crippen MR) is 25.9 cm³/mol. The summed E-state index contributed by atoms with van der Waals surface area (Å²) in [6.07, 6.45) is 1.68. The van der Waals surface area contributed by atoms with E-state index in [1.54, 1.807) is 12.3 Å². The Kier molecular flexibility index (Phi) is 1.30. The van der Waals surface area contributed by atoms with Crippen LogP contribution < -0.4 is 4.74 Å². The second kappa shape index (κ2) is 1.96. The van der Waals surface area contributed by atoms with Gasteiger partial charge in [-0.25, -0.2) is 4.52 Å². The van der Waals surface area contributed by atoms with Crippen molar-refractivity contribution in [2.45, 2.75) is 13.7 Å². The molecule has 0 unspecified atom stereocenters. The molecule has 0 aliphatic heterocycles. The molecule has 0 radical (unpaired) electrons. The van der Waals surface area contributed by atoms with Gasteiger partial charge in [-0.05, 0) is 0 Å². The molecule has 1 rings (SSSR count). The lowest BCUT2D eigenvalue weighted by atomic mass is 10.5. The highest BCUT2D eigenvalue weighted by atomic mass is 16.5. The van der Waals surface area contributed by atoms with Gasteiger partial charge in [0.1, 0.15) is 0 Å². The maximum absolute atomic E-state index is 8.42. The van der Waals surface area contributed by atoms with Crippen molar-refractivity contribution in [3.8, 4) is 0 Å². The second-order valence-electron chi connectivity index (χ2n) is 1.58. The predicted octanol–water partition coefficient (Wildman–Crippen LogP) is -0.175. The van der Waals surface area contributed by atoms with Gasteiger partial charge in [0.15, 0.2) is 5.76 Å². The van der Waals surface area contributed by atoms with Crippen LogP contribution in [0.25, 0.3) is 0 Å². The van der Waals surface area contributed by atoms with Crippen LogP contribution in [0.15, 0.2) is 16.8 Å². The van der Waals surface area contributed by atoms with Crippen LogP contribution in [0.4, 0.5) is 0 Å². The summed E-state index contributed by atoms with van der Waals surface area (Å²) in [4.78, 5) is 0. The third kappa shape index (κ3) is 0.869. The van der Waals surface area contributed by atoms with Crippen LogP contribution in [0.2, 0.25) is 0 Å². The average Bonchev–Trinajstić information content (AvgIpc) is 2.14. The van der Waals surface area contributed by atoms with E-state index < -0.39 is 0 Å². The minimum atomic E-state index is -0.0894. The number of aliphatic hydroxyl groups excluding tert-OH is 1. The molecule has 1 N–H and O–H groups in total. The van der Waals surface area contributed by atoms with Crippen LogP contribution in [0.5, 0.6) is 0 Å². The lowest BCUT2D eigenvalue weighted by Gasteiger charge is -1.74. The highest BCUT2D eigenvalue weighted by Gasteiger charge is 1.99. The molecule has 0 bridgehead atoms. The first-order valence-electron chi connectivity index (χ1n) is 2.40. The molecule has 0 saturated heterocycles. The first-order valence-corrected chi connectivity index (χ1v) is 2.40. The van der Waals surface area contributed by atoms with Gasteiger partial charge in [0.05, 0.1) is 6.07 Å². The molecule has 8 heavy (non-hydrogen) atoms. The largest absolute Gasteiger partial charge is 0.336 e. The Morgan fingerprint density at radius 1 is 1.88 bits per heavy atom. The highest BCUT2D eigenvalue weighted by Crippen LogP contribution is 1.87. The van der Waals surface area contributed by atoms with Crippen LogP contribution in [0.1, 0.15) is 5.76 Å². The number of aryl methyl sites for hydroxylation is 1. The van der Waals surface area contributed by atoms with Crippen LogP contribution in [0, 0.1) is 6.92 Å². The first kappa shape index (κ1) is 5.31. The molecule has 0 aromatic carbocycles. The number of hydrogen-bond donors (Lipinski definition) is 1. The molecular formula is C5H8NO2+. The Morgan fingerprint density at radius 2 is 2.62 bits per heavy atom. The van der Waals surface area contributed by atoms with Gasteiger partial charge < -0.3 is 5.11 Å². The molecule has 1 aromatic rings. The molecule has 1 aromatic heterocycles. The van der Waals surface area contributed by atoms with Gasteiger partial charge in [0.25, 0.3) is 6.73 Å². The van der Waals surface area contributed by atoms with Crippen molar-refractivity contribution >= 4 is 0 Å². The van der Waals surface area contributed by atoms with E-state index in [0.29, 0.717) is 0 Å². The monoisotopic (exact) mass is 114 g/mol. The summed E-state index contributed by atoms with van der Waals surface area (Å²) in [6, 6.07) is 1.79. The van der Waals surface area contributed by atoms with Crippen molar-refractivity contribution < 1.29 is 14.4 Å². The topological polar surface area (TPSA) is 37.2 Å². The summed E-state index contributed by atoms with van der Waals surface area (Å²) in [7, 11) is 0. The maximum atomic E-state index is 8.42. The molecule has 3 nitrogen and oxygen atoms in total. The molecule has 0 fully saturated rings. The van der Waals surface area contributed by atoms with Crippen LogP contribution in [0.3, 0.4) is 0 Å². The summed E-state index contributed by atoms with van der Waals surface area (Å²) in [5.41, 5.74) is 0. The Morgan fingerprint density at radius 3 is 2.88 bits per heavy atom. The number of aromatic nitrogens is 1. The Labute approximate surface area is 47.1 Å². The zero-order chi connectivity index (χ0) is 5.98. The minimum absolute atomic E-state index is 0.0894. The smallest absolute Gasteiger partial charge is 0.294 e. The fourth-order valence-electron chi connectivity index (χ4n) is 0.510. The van der Waals surface area contributed by atoms with E-state index in [1.807, 2.05) is 6.92 Å². The highest BCUT2D eigenvalue weighted by molar-refractivity contribution is 4.84. The van der Waals surface area contributed by atoms with Gasteiger partial charge in [-0.3, -0.25) is 0 Å². The van der Waals surface area contributed by atoms with E-state index in [2.05, 4.69) is 0 Å². The van der Waals surface area contributed by atoms with Crippen LogP contribution in [-0.2, 0) is 6.73 Å². The van der Waals surface area contributed by atoms with Gasteiger partial charge in [-0.2, -0.15) is 0 Å². The SMILES string of the molecule is Cc1cc[n+](CO)o1. The number of rotatable bonds is 1. The van der Waals surface area contributed by atoms with Gasteiger partial charge >= 0.3 is 0 Å². The first-order chi connectivity index (χ1) is 3.83. The third-order valence-corrected chi connectivity index (χ3v) is 0.876. The van der Waals surface area contributed by atoms with E-state index in [1.165, 1.54) is 4.74 Å². The van der Waals surface area contributed by atoms with Crippen molar-refractivity contribution in [3.05, 3.63) is 18.0 Å². The normalized spacial score (nSPS) is 9.75. The quantitative estimate of drug-likeness (QED) is 0.514. The summed E-state index contributed by atoms with van der Waals surface area (Å²) < 4.78 is 6.24. The Hall–Kier alpha value is -0.830. The molecule has 1 heterocycles. The van der Waals surface area contributed by atoms with E-state index in [0.717, 1.165) is 5.76 Å². The van der Waals surface area contributed by atoms with Crippen molar-refractivity contribution in [1.29, 1.82) is 0 Å². The lowest BCUT2D eigenvalue weighted by molar-refractivity contribution is -0.886. The van der Waals surface area contributed by atoms with E-state index in [4.69, 9.17) is 9.63 Å². The maximum Gasteiger partial charge on any atom is 0.294 e. The van der Waals surface area contributed by atoms with Crippen LogP contribution >= 0.6 is 0 Å². The summed E-state index contributed by atoms with van der Waals surface area (Å²) in [5, 5.41) is 8.42. The summed E-state index contributed by atoms with van der Waals surface area (Å²) in [5.74, 6) is 0.805. The molecule has 0 saturated carbocycles. The fraction of sp³-hybridized carbons (Fsp3) is 0.400. The Balaban J connectivity index is 2.84. The molecule has 0 spiro atoms. The molecule has 3 heteroatoms. The fourth-order valence-corrected chi connectivity index (χ4v) is 0.510. The molecular weight excluding hydrogens is 106 g/mol. The molecule has 0 atom stereocenters. The van der Waals surface area contributed by atoms with E-state index in [-0.39, 0.29) is 6.73 Å². The van der Waals surface area contributed by atoms with Crippen molar-refractivity contribution in [2.24, 2.45) is 0 Å². The van der Waals surface area contributed by atoms with E-state index in [9.17, 15) is 0 Å². The Bertz CT molecular complexity index is 171. The molecule has 44 valence electrons. The third-order valence-electron chi connectivity index (χ3n) is 0.876. The van der Waals surface area contributed by atoms with Gasteiger partial charge in [-0.1, -0.05) is 0 Å². The zero-order valence-corrected chi connectivity index (χ0v) is 4.66. The minimum Gasteiger partial charge on any atom is -0.336 e. The molecule has 0 amide bonds. The van der Waals surface area contributed by atoms with Crippen molar-refractivity contribution in [2.75, 3.05) is 0 Å². The lowest BCUT2D eigenvalue weighted by Crippen LogP contribution is -2.29. The summed E-state index contributed by atoms with van der Waals surface area (Å²) in [6.45, 7) is 1.74. The van der Waals surface area contributed by atoms with Gasteiger partial charge in [-0.15, -0.1) is 0 Å². The van der Waals surface area contributed by atoms with Crippen molar-refractivity contribution in [3.63, 3.8) is 0 Å². The van der Waals surface area contributed by atoms with Crippen molar-refractivity contribution in [1.82, 2.24) is 0 Å². The van der Waals surface area contributed by atoms with Gasteiger partial charge in [0.2, 0.25) is 6.20 Å². The van der Waals surface area contributed by atoms with Crippen LogP contribution in [-0.4, -0.2) is 5.11 Å². The molecule has 0 aliphatic carbocycles. The average molecular weight is 114 g/mol.